The van der Waals surface area contributed by atoms with Gasteiger partial charge in [-0.05, 0) is 74.0 Å². The fourth-order valence-corrected chi connectivity index (χ4v) is 7.76. The highest BCUT2D eigenvalue weighted by atomic mass is 16.7. The molecule has 140 valence electrons. The average molecular weight is 347 g/mol. The monoisotopic (exact) mass is 346 g/mol. The van der Waals surface area contributed by atoms with Crippen molar-refractivity contribution in [3.63, 3.8) is 0 Å². The molecule has 0 bridgehead atoms. The average Bonchev–Trinajstić information content (AvgIpc) is 3.15. The fraction of sp³-hybridized carbons (Fsp3) is 0.909. The number of rotatable bonds is 0. The van der Waals surface area contributed by atoms with Crippen molar-refractivity contribution in [2.75, 3.05) is 13.2 Å². The second-order valence-electron chi connectivity index (χ2n) is 10.2. The van der Waals surface area contributed by atoms with Gasteiger partial charge in [0.2, 0.25) is 0 Å². The normalized spacial score (nSPS) is 51.4. The number of allylic oxidation sites excluding steroid dienone is 1. The topological polar surface area (TPSA) is 38.7 Å². The molecule has 4 aliphatic carbocycles. The number of aliphatic hydroxyl groups excluding tert-OH is 1. The highest BCUT2D eigenvalue weighted by Crippen LogP contribution is 2.66. The Labute approximate surface area is 152 Å². The molecule has 5 rings (SSSR count). The van der Waals surface area contributed by atoms with E-state index in [0.29, 0.717) is 11.3 Å². The van der Waals surface area contributed by atoms with Crippen LogP contribution in [0.5, 0.6) is 0 Å². The highest BCUT2D eigenvalue weighted by molar-refractivity contribution is 5.31. The molecule has 5 aliphatic rings. The quantitative estimate of drug-likeness (QED) is 0.659. The zero-order chi connectivity index (χ0) is 17.4. The second-order valence-corrected chi connectivity index (χ2v) is 10.2. The number of fused-ring (bicyclic) bond motifs is 5. The first-order valence-corrected chi connectivity index (χ1v) is 10.5. The van der Waals surface area contributed by atoms with Gasteiger partial charge < -0.3 is 14.6 Å². The first kappa shape index (κ1) is 16.8. The van der Waals surface area contributed by atoms with Crippen LogP contribution in [0.4, 0.5) is 0 Å². The van der Waals surface area contributed by atoms with Crippen molar-refractivity contribution in [3.8, 4) is 0 Å². The van der Waals surface area contributed by atoms with Crippen molar-refractivity contribution < 1.29 is 14.6 Å². The maximum atomic E-state index is 10.6. The van der Waals surface area contributed by atoms with E-state index in [1.807, 2.05) is 0 Å². The van der Waals surface area contributed by atoms with Gasteiger partial charge in [0.15, 0.2) is 5.79 Å². The Morgan fingerprint density at radius 1 is 0.960 bits per heavy atom. The van der Waals surface area contributed by atoms with E-state index in [2.05, 4.69) is 20.8 Å². The summed E-state index contributed by atoms with van der Waals surface area (Å²) < 4.78 is 12.1. The lowest BCUT2D eigenvalue weighted by molar-refractivity contribution is -0.186. The van der Waals surface area contributed by atoms with Crippen LogP contribution in [0.15, 0.2) is 11.1 Å². The van der Waals surface area contributed by atoms with E-state index in [1.54, 1.807) is 11.1 Å². The Hall–Kier alpha value is -0.380. The molecule has 3 nitrogen and oxygen atoms in total. The third-order valence-electron chi connectivity index (χ3n) is 9.24. The van der Waals surface area contributed by atoms with Gasteiger partial charge in [0.25, 0.3) is 0 Å². The van der Waals surface area contributed by atoms with E-state index in [1.165, 1.54) is 32.1 Å². The van der Waals surface area contributed by atoms with E-state index in [9.17, 15) is 5.11 Å². The molecule has 0 amide bonds. The molecule has 1 saturated heterocycles. The van der Waals surface area contributed by atoms with Gasteiger partial charge in [-0.1, -0.05) is 25.0 Å². The van der Waals surface area contributed by atoms with E-state index in [0.717, 1.165) is 44.3 Å². The molecule has 6 unspecified atom stereocenters. The Balaban J connectivity index is 1.51. The molecular formula is C22H34O3. The SMILES string of the molecule is CC1=C2CC3(CCC2(C)C2CCC4(C)C(O)CCC4C2C1)OCCO3. The fourth-order valence-electron chi connectivity index (χ4n) is 7.76. The van der Waals surface area contributed by atoms with Crippen molar-refractivity contribution in [1.29, 1.82) is 0 Å². The van der Waals surface area contributed by atoms with Crippen LogP contribution >= 0.6 is 0 Å². The molecule has 4 fully saturated rings. The van der Waals surface area contributed by atoms with Gasteiger partial charge in [-0.15, -0.1) is 0 Å². The number of hydrogen-bond donors (Lipinski definition) is 1. The summed E-state index contributed by atoms with van der Waals surface area (Å²) in [6.45, 7) is 8.80. The van der Waals surface area contributed by atoms with E-state index >= 15 is 0 Å². The summed E-state index contributed by atoms with van der Waals surface area (Å²) >= 11 is 0. The Morgan fingerprint density at radius 3 is 2.48 bits per heavy atom. The lowest BCUT2D eigenvalue weighted by Gasteiger charge is -2.59. The summed E-state index contributed by atoms with van der Waals surface area (Å²) in [5.41, 5.74) is 3.75. The lowest BCUT2D eigenvalue weighted by Crippen LogP contribution is -2.53. The Kier molecular flexibility index (Phi) is 3.57. The number of hydrogen-bond acceptors (Lipinski definition) is 3. The van der Waals surface area contributed by atoms with Crippen molar-refractivity contribution in [2.24, 2.45) is 28.6 Å². The zero-order valence-corrected chi connectivity index (χ0v) is 16.1. The third kappa shape index (κ3) is 2.15. The van der Waals surface area contributed by atoms with Crippen LogP contribution in [-0.4, -0.2) is 30.2 Å². The van der Waals surface area contributed by atoms with Crippen LogP contribution < -0.4 is 0 Å². The molecule has 1 N–H and O–H groups in total. The predicted octanol–water partition coefficient (Wildman–Crippen LogP) is 4.44. The van der Waals surface area contributed by atoms with Crippen molar-refractivity contribution in [3.05, 3.63) is 11.1 Å². The Morgan fingerprint density at radius 2 is 1.72 bits per heavy atom. The summed E-state index contributed by atoms with van der Waals surface area (Å²) in [5.74, 6) is 1.96. The molecular weight excluding hydrogens is 312 g/mol. The van der Waals surface area contributed by atoms with E-state index in [4.69, 9.17) is 9.47 Å². The van der Waals surface area contributed by atoms with E-state index < -0.39 is 0 Å². The second kappa shape index (κ2) is 5.33. The molecule has 0 radical (unpaired) electrons. The third-order valence-corrected chi connectivity index (χ3v) is 9.24. The summed E-state index contributed by atoms with van der Waals surface area (Å²) in [6.07, 6.45) is 9.14. The molecule has 0 aromatic heterocycles. The van der Waals surface area contributed by atoms with Crippen LogP contribution in [-0.2, 0) is 9.47 Å². The molecule has 1 spiro atoms. The van der Waals surface area contributed by atoms with Crippen LogP contribution in [0.1, 0.15) is 72.1 Å². The van der Waals surface area contributed by atoms with Gasteiger partial charge in [-0.2, -0.15) is 0 Å². The molecule has 6 atom stereocenters. The van der Waals surface area contributed by atoms with Crippen LogP contribution in [0.25, 0.3) is 0 Å². The van der Waals surface area contributed by atoms with Crippen LogP contribution in [0, 0.1) is 28.6 Å². The lowest BCUT2D eigenvalue weighted by atomic mass is 9.46. The standard InChI is InChI=1S/C22H34O3/c1-14-12-15-16-4-5-19(23)21(16,3)7-6-17(15)20(2)8-9-22(13-18(14)20)24-10-11-25-22/h15-17,19,23H,4-13H2,1-3H3. The molecule has 0 aromatic rings. The molecule has 1 heterocycles. The van der Waals surface area contributed by atoms with Crippen LogP contribution in [0.3, 0.4) is 0 Å². The molecule has 3 heteroatoms. The largest absolute Gasteiger partial charge is 0.393 e. The highest BCUT2D eigenvalue weighted by Gasteiger charge is 2.60. The van der Waals surface area contributed by atoms with Gasteiger partial charge in [0, 0.05) is 12.8 Å². The number of aliphatic hydroxyl groups is 1. The van der Waals surface area contributed by atoms with Crippen molar-refractivity contribution in [2.45, 2.75) is 84.0 Å². The molecule has 0 aromatic carbocycles. The maximum Gasteiger partial charge on any atom is 0.172 e. The first-order chi connectivity index (χ1) is 11.9. The van der Waals surface area contributed by atoms with Crippen molar-refractivity contribution in [1.82, 2.24) is 0 Å². The minimum absolute atomic E-state index is 0.0770. The first-order valence-electron chi connectivity index (χ1n) is 10.5. The Bertz CT molecular complexity index is 604. The number of ether oxygens (including phenoxy) is 2. The smallest absolute Gasteiger partial charge is 0.172 e. The van der Waals surface area contributed by atoms with E-state index in [-0.39, 0.29) is 17.3 Å². The molecule has 3 saturated carbocycles. The summed E-state index contributed by atoms with van der Waals surface area (Å²) in [5, 5.41) is 10.6. The minimum Gasteiger partial charge on any atom is -0.393 e. The summed E-state index contributed by atoms with van der Waals surface area (Å²) in [4.78, 5) is 0. The summed E-state index contributed by atoms with van der Waals surface area (Å²) in [6, 6.07) is 0. The predicted molar refractivity (Wildman–Crippen MR) is 97.0 cm³/mol. The van der Waals surface area contributed by atoms with Crippen LogP contribution in [0.2, 0.25) is 0 Å². The van der Waals surface area contributed by atoms with Gasteiger partial charge in [0.05, 0.1) is 19.3 Å². The van der Waals surface area contributed by atoms with Gasteiger partial charge in [-0.25, -0.2) is 0 Å². The van der Waals surface area contributed by atoms with Gasteiger partial charge in [-0.3, -0.25) is 0 Å². The van der Waals surface area contributed by atoms with Crippen molar-refractivity contribution >= 4 is 0 Å². The minimum atomic E-state index is -0.310. The van der Waals surface area contributed by atoms with Gasteiger partial charge >= 0.3 is 0 Å². The zero-order valence-electron chi connectivity index (χ0n) is 16.1. The maximum absolute atomic E-state index is 10.6. The summed E-state index contributed by atoms with van der Waals surface area (Å²) in [7, 11) is 0. The van der Waals surface area contributed by atoms with Gasteiger partial charge in [0.1, 0.15) is 0 Å². The molecule has 25 heavy (non-hydrogen) atoms. The molecule has 1 aliphatic heterocycles.